The summed E-state index contributed by atoms with van der Waals surface area (Å²) in [6.45, 7) is 5.87. The molecule has 1 aromatic carbocycles. The number of nitrogens with one attached hydrogen (secondary N) is 1. The van der Waals surface area contributed by atoms with Gasteiger partial charge in [-0.1, -0.05) is 15.9 Å². The Kier molecular flexibility index (Phi) is 6.23. The second-order valence-electron chi connectivity index (χ2n) is 5.26. The molecule has 1 N–H and O–H groups in total. The minimum absolute atomic E-state index is 0.121. The molecule has 1 aromatic heterocycles. The van der Waals surface area contributed by atoms with Crippen molar-refractivity contribution in [2.24, 2.45) is 0 Å². The minimum atomic E-state index is -0.369. The lowest BCUT2D eigenvalue weighted by Crippen LogP contribution is -2.20. The number of amides is 1. The van der Waals surface area contributed by atoms with Crippen molar-refractivity contribution in [3.05, 3.63) is 50.2 Å². The molecule has 1 heterocycles. The highest BCUT2D eigenvalue weighted by atomic mass is 79.9. The van der Waals surface area contributed by atoms with E-state index in [1.807, 2.05) is 32.0 Å². The van der Waals surface area contributed by atoms with E-state index in [1.165, 1.54) is 0 Å². The Balaban J connectivity index is 2.17. The monoisotopic (exact) mass is 456 g/mol. The number of esters is 1. The fraction of sp³-hybridized carbons (Fsp3) is 0.294. The van der Waals surface area contributed by atoms with E-state index in [0.717, 1.165) is 20.3 Å². The second-order valence-corrected chi connectivity index (χ2v) is 7.03. The molecule has 128 valence electrons. The summed E-state index contributed by atoms with van der Waals surface area (Å²) < 4.78 is 8.51. The van der Waals surface area contributed by atoms with Gasteiger partial charge in [0.2, 0.25) is 5.91 Å². The zero-order valence-electron chi connectivity index (χ0n) is 13.7. The van der Waals surface area contributed by atoms with E-state index < -0.39 is 0 Å². The van der Waals surface area contributed by atoms with Crippen LogP contribution in [-0.4, -0.2) is 23.1 Å². The maximum Gasteiger partial charge on any atom is 0.339 e. The van der Waals surface area contributed by atoms with Gasteiger partial charge in [-0.3, -0.25) is 4.79 Å². The van der Waals surface area contributed by atoms with Crippen molar-refractivity contribution < 1.29 is 14.3 Å². The fourth-order valence-corrected chi connectivity index (χ4v) is 3.09. The van der Waals surface area contributed by atoms with Crippen molar-refractivity contribution in [3.8, 4) is 0 Å². The van der Waals surface area contributed by atoms with Crippen molar-refractivity contribution in [1.29, 1.82) is 0 Å². The molecule has 24 heavy (non-hydrogen) atoms. The molecule has 0 fully saturated rings. The summed E-state index contributed by atoms with van der Waals surface area (Å²) in [5.74, 6) is -0.544. The summed E-state index contributed by atoms with van der Waals surface area (Å²) in [5, 5.41) is 2.86. The van der Waals surface area contributed by atoms with Crippen LogP contribution in [0.25, 0.3) is 0 Å². The maximum absolute atomic E-state index is 12.4. The Morgan fingerprint density at radius 3 is 2.58 bits per heavy atom. The fourth-order valence-electron chi connectivity index (χ4n) is 2.39. The minimum Gasteiger partial charge on any atom is -0.462 e. The highest BCUT2D eigenvalue weighted by molar-refractivity contribution is 9.11. The number of ether oxygens (including phenoxy) is 1. The third-order valence-electron chi connectivity index (χ3n) is 3.57. The molecule has 0 aliphatic carbocycles. The average molecular weight is 458 g/mol. The van der Waals surface area contributed by atoms with Crippen LogP contribution in [0.4, 0.5) is 5.69 Å². The number of nitrogens with zero attached hydrogens (tertiary/aromatic N) is 1. The number of halogens is 2. The summed E-state index contributed by atoms with van der Waals surface area (Å²) in [5.41, 5.74) is 2.72. The number of aromatic nitrogens is 1. The first-order valence-electron chi connectivity index (χ1n) is 7.42. The van der Waals surface area contributed by atoms with Crippen LogP contribution >= 0.6 is 31.9 Å². The number of anilines is 1. The smallest absolute Gasteiger partial charge is 0.339 e. The van der Waals surface area contributed by atoms with E-state index in [2.05, 4.69) is 37.2 Å². The number of benzene rings is 1. The van der Waals surface area contributed by atoms with E-state index in [9.17, 15) is 9.59 Å². The standard InChI is InChI=1S/C17H18Br2N2O3/c1-4-24-17(23)13-7-10(2)21(11(13)3)9-16(22)20-15-8-12(18)5-6-14(15)19/h5-8H,4,9H2,1-3H3,(H,20,22). The molecule has 2 rings (SSSR count). The van der Waals surface area contributed by atoms with Crippen molar-refractivity contribution in [2.45, 2.75) is 27.3 Å². The number of rotatable bonds is 5. The Morgan fingerprint density at radius 1 is 1.21 bits per heavy atom. The molecule has 0 saturated carbocycles. The van der Waals surface area contributed by atoms with Crippen molar-refractivity contribution >= 4 is 49.4 Å². The summed E-state index contributed by atoms with van der Waals surface area (Å²) >= 11 is 6.79. The van der Waals surface area contributed by atoms with Crippen LogP contribution in [0.2, 0.25) is 0 Å². The van der Waals surface area contributed by atoms with Gasteiger partial charge in [0, 0.05) is 20.3 Å². The molecule has 0 aliphatic rings. The average Bonchev–Trinajstić information content (AvgIpc) is 2.79. The number of aryl methyl sites for hydroxylation is 1. The summed E-state index contributed by atoms with van der Waals surface area (Å²) in [4.78, 5) is 24.3. The Bertz CT molecular complexity index is 784. The SMILES string of the molecule is CCOC(=O)c1cc(C)n(CC(=O)Nc2cc(Br)ccc2Br)c1C. The van der Waals surface area contributed by atoms with E-state index >= 15 is 0 Å². The summed E-state index contributed by atoms with van der Waals surface area (Å²) in [6.07, 6.45) is 0. The third kappa shape index (κ3) is 4.27. The lowest BCUT2D eigenvalue weighted by atomic mass is 10.2. The lowest BCUT2D eigenvalue weighted by molar-refractivity contribution is -0.116. The van der Waals surface area contributed by atoms with E-state index in [0.29, 0.717) is 17.9 Å². The van der Waals surface area contributed by atoms with Crippen molar-refractivity contribution in [2.75, 3.05) is 11.9 Å². The van der Waals surface area contributed by atoms with Gasteiger partial charge < -0.3 is 14.6 Å². The van der Waals surface area contributed by atoms with Gasteiger partial charge in [-0.05, 0) is 61.0 Å². The molecule has 1 amide bonds. The van der Waals surface area contributed by atoms with Crippen LogP contribution in [0, 0.1) is 13.8 Å². The predicted molar refractivity (Wildman–Crippen MR) is 100 cm³/mol. The molecule has 0 atom stereocenters. The third-order valence-corrected chi connectivity index (χ3v) is 4.76. The van der Waals surface area contributed by atoms with E-state index in [1.54, 1.807) is 17.6 Å². The van der Waals surface area contributed by atoms with Crippen molar-refractivity contribution in [3.63, 3.8) is 0 Å². The Morgan fingerprint density at radius 2 is 1.92 bits per heavy atom. The quantitative estimate of drug-likeness (QED) is 0.675. The van der Waals surface area contributed by atoms with Gasteiger partial charge in [-0.2, -0.15) is 0 Å². The van der Waals surface area contributed by atoms with Gasteiger partial charge in [0.25, 0.3) is 0 Å². The maximum atomic E-state index is 12.4. The predicted octanol–water partition coefficient (Wildman–Crippen LogP) is 4.45. The zero-order chi connectivity index (χ0) is 17.9. The Hall–Kier alpha value is -1.60. The normalized spacial score (nSPS) is 10.5. The number of hydrogen-bond acceptors (Lipinski definition) is 3. The molecular weight excluding hydrogens is 440 g/mol. The first kappa shape index (κ1) is 18.7. The summed E-state index contributed by atoms with van der Waals surface area (Å²) in [7, 11) is 0. The topological polar surface area (TPSA) is 60.3 Å². The molecule has 0 aliphatic heterocycles. The highest BCUT2D eigenvalue weighted by Crippen LogP contribution is 2.26. The van der Waals surface area contributed by atoms with Gasteiger partial charge in [0.15, 0.2) is 0 Å². The molecule has 0 spiro atoms. The van der Waals surface area contributed by atoms with Crippen LogP contribution < -0.4 is 5.32 Å². The second kappa shape index (κ2) is 7.98. The van der Waals surface area contributed by atoms with Crippen molar-refractivity contribution in [1.82, 2.24) is 4.57 Å². The van der Waals surface area contributed by atoms with E-state index in [-0.39, 0.29) is 18.4 Å². The van der Waals surface area contributed by atoms with Crippen LogP contribution in [-0.2, 0) is 16.1 Å². The van der Waals surface area contributed by atoms with Gasteiger partial charge in [-0.25, -0.2) is 4.79 Å². The molecule has 5 nitrogen and oxygen atoms in total. The molecule has 2 aromatic rings. The van der Waals surface area contributed by atoms with Gasteiger partial charge in [-0.15, -0.1) is 0 Å². The molecular formula is C17H18Br2N2O3. The van der Waals surface area contributed by atoms with Crippen LogP contribution in [0.1, 0.15) is 28.7 Å². The first-order chi connectivity index (χ1) is 11.3. The largest absolute Gasteiger partial charge is 0.462 e. The van der Waals surface area contributed by atoms with Crippen LogP contribution in [0.15, 0.2) is 33.2 Å². The number of carbonyl (C=O) groups is 2. The van der Waals surface area contributed by atoms with Gasteiger partial charge >= 0.3 is 5.97 Å². The highest BCUT2D eigenvalue weighted by Gasteiger charge is 2.18. The van der Waals surface area contributed by atoms with E-state index in [4.69, 9.17) is 4.74 Å². The van der Waals surface area contributed by atoms with Gasteiger partial charge in [0.05, 0.1) is 17.9 Å². The molecule has 0 saturated heterocycles. The van der Waals surface area contributed by atoms with Gasteiger partial charge in [0.1, 0.15) is 6.54 Å². The molecule has 0 unspecified atom stereocenters. The van der Waals surface area contributed by atoms with Crippen LogP contribution in [0.3, 0.4) is 0 Å². The molecule has 0 radical (unpaired) electrons. The number of carbonyl (C=O) groups excluding carboxylic acids is 2. The van der Waals surface area contributed by atoms with Crippen LogP contribution in [0.5, 0.6) is 0 Å². The lowest BCUT2D eigenvalue weighted by Gasteiger charge is -2.12. The zero-order valence-corrected chi connectivity index (χ0v) is 16.8. The molecule has 0 bridgehead atoms. The number of hydrogen-bond donors (Lipinski definition) is 1. The summed E-state index contributed by atoms with van der Waals surface area (Å²) in [6, 6.07) is 7.30. The Labute approximate surface area is 157 Å². The molecule has 7 heteroatoms. The first-order valence-corrected chi connectivity index (χ1v) is 9.00.